The van der Waals surface area contributed by atoms with Crippen LogP contribution >= 0.6 is 0 Å². The smallest absolute Gasteiger partial charge is 0.310 e. The number of fused-ring (bicyclic) bond motifs is 1. The van der Waals surface area contributed by atoms with Gasteiger partial charge >= 0.3 is 6.18 Å². The molecule has 0 spiro atoms. The maximum atomic E-state index is 12.9. The number of nitrogens with zero attached hydrogens (tertiary/aromatic N) is 7. The highest BCUT2D eigenvalue weighted by molar-refractivity contribution is 7.91. The third-order valence-electron chi connectivity index (χ3n) is 3.96. The zero-order chi connectivity index (χ0) is 20.7. The summed E-state index contributed by atoms with van der Waals surface area (Å²) in [4.78, 5) is 14.3. The second-order valence-corrected chi connectivity index (χ2v) is 7.94. The van der Waals surface area contributed by atoms with Gasteiger partial charge in [-0.1, -0.05) is 12.0 Å². The van der Waals surface area contributed by atoms with Gasteiger partial charge in [-0.05, 0) is 17.7 Å². The van der Waals surface area contributed by atoms with Crippen molar-refractivity contribution in [1.82, 2.24) is 19.5 Å². The number of alkyl halides is 3. The van der Waals surface area contributed by atoms with Gasteiger partial charge in [-0.25, -0.2) is 18.4 Å². The van der Waals surface area contributed by atoms with E-state index < -0.39 is 21.6 Å². The van der Waals surface area contributed by atoms with Crippen LogP contribution in [0.25, 0.3) is 33.1 Å². The second-order valence-electron chi connectivity index (χ2n) is 5.69. The Morgan fingerprint density at radius 3 is 2.57 bits per heavy atom. The minimum Gasteiger partial charge on any atom is -0.310 e. The van der Waals surface area contributed by atoms with Crippen molar-refractivity contribution in [2.75, 3.05) is 5.75 Å². The van der Waals surface area contributed by atoms with E-state index in [9.17, 15) is 21.6 Å². The highest BCUT2D eigenvalue weighted by Gasteiger charge is 2.32. The van der Waals surface area contributed by atoms with Gasteiger partial charge in [0.05, 0.1) is 21.9 Å². The molecule has 9 nitrogen and oxygen atoms in total. The summed E-state index contributed by atoms with van der Waals surface area (Å²) in [6.07, 6.45) is -2.77. The minimum atomic E-state index is -4.59. The van der Waals surface area contributed by atoms with E-state index in [2.05, 4.69) is 25.0 Å². The van der Waals surface area contributed by atoms with Crippen molar-refractivity contribution in [3.63, 3.8) is 0 Å². The highest BCUT2D eigenvalue weighted by atomic mass is 32.2. The number of azide groups is 1. The van der Waals surface area contributed by atoms with Crippen molar-refractivity contribution in [1.29, 1.82) is 0 Å². The Morgan fingerprint density at radius 2 is 1.96 bits per heavy atom. The molecule has 0 N–H and O–H groups in total. The predicted octanol–water partition coefficient (Wildman–Crippen LogP) is 3.78. The number of pyridine rings is 2. The summed E-state index contributed by atoms with van der Waals surface area (Å²) < 4.78 is 65.1. The molecule has 0 aliphatic carbocycles. The molecule has 0 bridgehead atoms. The van der Waals surface area contributed by atoms with Gasteiger partial charge in [0.25, 0.3) is 0 Å². The van der Waals surface area contributed by atoms with Crippen LogP contribution in [0.1, 0.15) is 12.5 Å². The Morgan fingerprint density at radius 1 is 1.25 bits per heavy atom. The number of hydrogen-bond acceptors (Lipinski definition) is 6. The van der Waals surface area contributed by atoms with Gasteiger partial charge in [-0.2, -0.15) is 13.2 Å². The highest BCUT2D eigenvalue weighted by Crippen LogP contribution is 2.33. The molecule has 3 aromatic rings. The summed E-state index contributed by atoms with van der Waals surface area (Å²) in [5.41, 5.74) is 7.55. The normalized spacial score (nSPS) is 12.2. The molecule has 0 saturated carbocycles. The average molecular weight is 411 g/mol. The molecular weight excluding hydrogens is 399 g/mol. The molecule has 0 atom stereocenters. The number of imidazole rings is 1. The van der Waals surface area contributed by atoms with Crippen LogP contribution in [-0.4, -0.2) is 33.7 Å². The molecule has 13 heteroatoms. The molecule has 0 aromatic carbocycles. The molecule has 0 aliphatic heterocycles. The van der Waals surface area contributed by atoms with Crippen molar-refractivity contribution in [3.05, 3.63) is 40.5 Å². The van der Waals surface area contributed by atoms with E-state index in [1.165, 1.54) is 18.5 Å². The number of rotatable bonds is 4. The molecule has 0 radical (unpaired) electrons. The van der Waals surface area contributed by atoms with Crippen molar-refractivity contribution < 1.29 is 21.6 Å². The SMILES string of the molecule is CCS(=O)(=O)c1cc(N=[N+]=[N-])cnc1-c1nc2cc(C(F)(F)F)cnc2n1C. The molecule has 3 heterocycles. The van der Waals surface area contributed by atoms with Crippen LogP contribution < -0.4 is 0 Å². The monoisotopic (exact) mass is 411 g/mol. The molecule has 0 aliphatic rings. The first-order valence-electron chi connectivity index (χ1n) is 7.76. The summed E-state index contributed by atoms with van der Waals surface area (Å²) in [5, 5.41) is 3.34. The molecule has 0 fully saturated rings. The maximum absolute atomic E-state index is 12.9. The lowest BCUT2D eigenvalue weighted by Crippen LogP contribution is -2.08. The second kappa shape index (κ2) is 6.77. The first kappa shape index (κ1) is 19.6. The van der Waals surface area contributed by atoms with Crippen LogP contribution in [0, 0.1) is 0 Å². The molecule has 0 unspecified atom stereocenters. The van der Waals surface area contributed by atoms with E-state index in [0.717, 1.165) is 18.3 Å². The van der Waals surface area contributed by atoms with Gasteiger partial charge < -0.3 is 4.57 Å². The van der Waals surface area contributed by atoms with Crippen LogP contribution in [0.3, 0.4) is 0 Å². The fourth-order valence-electron chi connectivity index (χ4n) is 2.54. The molecule has 3 rings (SSSR count). The lowest BCUT2D eigenvalue weighted by atomic mass is 10.2. The number of halogens is 3. The van der Waals surface area contributed by atoms with Gasteiger partial charge in [-0.3, -0.25) is 4.98 Å². The summed E-state index contributed by atoms with van der Waals surface area (Å²) in [7, 11) is -2.32. The Kier molecular flexibility index (Phi) is 4.73. The standard InChI is InChI=1S/C15H12F3N7O2S/c1-3-28(26,27)11-5-9(23-24-19)7-20-12(11)14-22-10-4-8(15(16,17)18)6-21-13(10)25(14)2/h4-7H,3H2,1-2H3. The van der Waals surface area contributed by atoms with Gasteiger partial charge in [0.15, 0.2) is 21.3 Å². The van der Waals surface area contributed by atoms with Crippen LogP contribution in [-0.2, 0) is 23.1 Å². The summed E-state index contributed by atoms with van der Waals surface area (Å²) >= 11 is 0. The van der Waals surface area contributed by atoms with E-state index >= 15 is 0 Å². The van der Waals surface area contributed by atoms with Crippen molar-refractivity contribution in [2.45, 2.75) is 18.0 Å². The lowest BCUT2D eigenvalue weighted by Gasteiger charge is -2.09. The first-order valence-corrected chi connectivity index (χ1v) is 9.41. The fraction of sp³-hybridized carbons (Fsp3) is 0.267. The van der Waals surface area contributed by atoms with E-state index in [4.69, 9.17) is 5.53 Å². The maximum Gasteiger partial charge on any atom is 0.417 e. The molecule has 28 heavy (non-hydrogen) atoms. The van der Waals surface area contributed by atoms with Gasteiger partial charge in [0, 0.05) is 24.4 Å². The van der Waals surface area contributed by atoms with Gasteiger partial charge in [-0.15, -0.1) is 0 Å². The number of aryl methyl sites for hydroxylation is 1. The minimum absolute atomic E-state index is 0.0151. The van der Waals surface area contributed by atoms with E-state index in [-0.39, 0.29) is 39.0 Å². The number of aromatic nitrogens is 4. The van der Waals surface area contributed by atoms with Crippen LogP contribution in [0.5, 0.6) is 0 Å². The fourth-order valence-corrected chi connectivity index (χ4v) is 3.59. The topological polar surface area (TPSA) is 126 Å². The van der Waals surface area contributed by atoms with Crippen molar-refractivity contribution in [2.24, 2.45) is 12.2 Å². The summed E-state index contributed by atoms with van der Waals surface area (Å²) in [6, 6.07) is 1.98. The summed E-state index contributed by atoms with van der Waals surface area (Å²) in [6.45, 7) is 1.42. The molecule has 3 aromatic heterocycles. The van der Waals surface area contributed by atoms with E-state index in [1.54, 1.807) is 0 Å². The zero-order valence-electron chi connectivity index (χ0n) is 14.5. The molecule has 0 amide bonds. The zero-order valence-corrected chi connectivity index (χ0v) is 15.3. The van der Waals surface area contributed by atoms with Crippen molar-refractivity contribution in [3.8, 4) is 11.5 Å². The van der Waals surface area contributed by atoms with E-state index in [1.807, 2.05) is 0 Å². The van der Waals surface area contributed by atoms with Gasteiger partial charge in [0.2, 0.25) is 0 Å². The van der Waals surface area contributed by atoms with E-state index in [0.29, 0.717) is 6.20 Å². The predicted molar refractivity (Wildman–Crippen MR) is 93.3 cm³/mol. The third-order valence-corrected chi connectivity index (χ3v) is 5.70. The Labute approximate surface area is 156 Å². The first-order chi connectivity index (χ1) is 13.1. The Bertz CT molecular complexity index is 1230. The van der Waals surface area contributed by atoms with Crippen LogP contribution in [0.15, 0.2) is 34.5 Å². The largest absolute Gasteiger partial charge is 0.417 e. The van der Waals surface area contributed by atoms with Crippen molar-refractivity contribution >= 4 is 26.7 Å². The molecule has 0 saturated heterocycles. The van der Waals surface area contributed by atoms with Crippen LogP contribution in [0.4, 0.5) is 18.9 Å². The van der Waals surface area contributed by atoms with Crippen LogP contribution in [0.2, 0.25) is 0 Å². The average Bonchev–Trinajstić information content (AvgIpc) is 2.97. The third kappa shape index (κ3) is 3.37. The van der Waals surface area contributed by atoms with Gasteiger partial charge in [0.1, 0.15) is 11.2 Å². The Balaban J connectivity index is 2.30. The molecule has 146 valence electrons. The number of sulfone groups is 1. The lowest BCUT2D eigenvalue weighted by molar-refractivity contribution is -0.137. The number of hydrogen-bond donors (Lipinski definition) is 0. The molecular formula is C15H12F3N7O2S. The quantitative estimate of drug-likeness (QED) is 0.367. The Hall–Kier alpha value is -3.18. The summed E-state index contributed by atoms with van der Waals surface area (Å²) in [5.74, 6) is -0.247.